The minimum atomic E-state index is -0.678. The molecule has 2 aromatic rings. The van der Waals surface area contributed by atoms with Crippen LogP contribution >= 0.6 is 15.9 Å². The fourth-order valence-electron chi connectivity index (χ4n) is 3.04. The van der Waals surface area contributed by atoms with Gasteiger partial charge in [-0.25, -0.2) is 14.4 Å². The number of esters is 2. The molecule has 1 aromatic heterocycles. The zero-order valence-corrected chi connectivity index (χ0v) is 20.1. The van der Waals surface area contributed by atoms with E-state index in [2.05, 4.69) is 26.0 Å². The molecule has 0 radical (unpaired) electrons. The maximum absolute atomic E-state index is 12.9. The third-order valence-electron chi connectivity index (χ3n) is 4.53. The molecular formula is C22H21BrN2O9. The highest BCUT2D eigenvalue weighted by atomic mass is 79.9. The number of carbonyl (C=O) groups excluding carboxylic acids is 4. The number of ether oxygens (including phenoxy) is 4. The van der Waals surface area contributed by atoms with Crippen molar-refractivity contribution in [2.45, 2.75) is 13.5 Å². The molecule has 0 atom stereocenters. The van der Waals surface area contributed by atoms with E-state index in [-0.39, 0.29) is 42.7 Å². The van der Waals surface area contributed by atoms with Crippen molar-refractivity contribution in [3.63, 3.8) is 0 Å². The van der Waals surface area contributed by atoms with Gasteiger partial charge < -0.3 is 28.7 Å². The Labute approximate surface area is 202 Å². The second kappa shape index (κ2) is 10.9. The van der Waals surface area contributed by atoms with Gasteiger partial charge in [-0.2, -0.15) is 0 Å². The van der Waals surface area contributed by atoms with Gasteiger partial charge in [0.1, 0.15) is 11.5 Å². The predicted octanol–water partition coefficient (Wildman–Crippen LogP) is 2.87. The van der Waals surface area contributed by atoms with E-state index >= 15 is 0 Å². The fraction of sp³-hybridized carbons (Fsp3) is 0.273. The number of benzene rings is 1. The zero-order chi connectivity index (χ0) is 24.8. The molecule has 0 bridgehead atoms. The normalized spacial score (nSPS) is 14.2. The second-order valence-corrected chi connectivity index (χ2v) is 7.67. The molecule has 0 saturated carbocycles. The first-order valence-corrected chi connectivity index (χ1v) is 10.7. The highest BCUT2D eigenvalue weighted by molar-refractivity contribution is 9.10. The summed E-state index contributed by atoms with van der Waals surface area (Å²) in [5.41, 5.74) is 0.331. The van der Waals surface area contributed by atoms with E-state index < -0.39 is 23.9 Å². The molecule has 180 valence electrons. The number of nitrogens with one attached hydrogen (secondary N) is 1. The summed E-state index contributed by atoms with van der Waals surface area (Å²) >= 11 is 3.36. The van der Waals surface area contributed by atoms with Gasteiger partial charge in [-0.1, -0.05) is 15.9 Å². The third kappa shape index (κ3) is 5.57. The molecule has 34 heavy (non-hydrogen) atoms. The number of imide groups is 1. The van der Waals surface area contributed by atoms with Crippen LogP contribution in [0.4, 0.5) is 4.79 Å². The number of rotatable bonds is 9. The first-order valence-electron chi connectivity index (χ1n) is 9.94. The van der Waals surface area contributed by atoms with E-state index in [1.54, 1.807) is 19.1 Å². The molecule has 3 rings (SSSR count). The van der Waals surface area contributed by atoms with Crippen molar-refractivity contribution in [3.05, 3.63) is 51.5 Å². The molecule has 1 aromatic carbocycles. The second-order valence-electron chi connectivity index (χ2n) is 6.76. The largest absolute Gasteiger partial charge is 0.493 e. The maximum Gasteiger partial charge on any atom is 0.373 e. The van der Waals surface area contributed by atoms with Crippen molar-refractivity contribution < 1.29 is 42.5 Å². The zero-order valence-electron chi connectivity index (χ0n) is 18.5. The average Bonchev–Trinajstić information content (AvgIpc) is 3.38. The van der Waals surface area contributed by atoms with E-state index in [9.17, 15) is 19.2 Å². The van der Waals surface area contributed by atoms with Gasteiger partial charge in [-0.15, -0.1) is 0 Å². The maximum atomic E-state index is 12.9. The van der Waals surface area contributed by atoms with Gasteiger partial charge in [0.05, 0.1) is 27.4 Å². The minimum Gasteiger partial charge on any atom is -0.493 e. The van der Waals surface area contributed by atoms with Crippen molar-refractivity contribution in [1.29, 1.82) is 0 Å². The van der Waals surface area contributed by atoms with Crippen molar-refractivity contribution in [1.82, 2.24) is 10.2 Å². The number of furan rings is 1. The molecule has 0 aliphatic carbocycles. The minimum absolute atomic E-state index is 0.0362. The first-order chi connectivity index (χ1) is 16.3. The molecule has 12 heteroatoms. The van der Waals surface area contributed by atoms with Crippen molar-refractivity contribution in [2.75, 3.05) is 27.4 Å². The van der Waals surface area contributed by atoms with E-state index in [0.717, 1.165) is 4.90 Å². The first kappa shape index (κ1) is 24.8. The summed E-state index contributed by atoms with van der Waals surface area (Å²) in [6.07, 6.45) is 1.40. The lowest BCUT2D eigenvalue weighted by Gasteiger charge is -2.14. The van der Waals surface area contributed by atoms with Crippen LogP contribution in [0.3, 0.4) is 0 Å². The standard InChI is InChI=1S/C22H21BrN2O9/c1-4-32-18(26)11-33-19-12(7-13(23)9-17(19)30-2)8-15-20(27)25(22(29)24-15)10-14-5-6-16(34-14)21(28)31-3/h5-9H,4,10-11H2,1-3H3,(H,24,29)/b15-8-. The summed E-state index contributed by atoms with van der Waals surface area (Å²) in [5, 5.41) is 2.49. The highest BCUT2D eigenvalue weighted by Crippen LogP contribution is 2.36. The predicted molar refractivity (Wildman–Crippen MR) is 120 cm³/mol. The van der Waals surface area contributed by atoms with Crippen LogP contribution in [0, 0.1) is 0 Å². The molecule has 1 fully saturated rings. The Balaban J connectivity index is 1.86. The number of hydrogen-bond donors (Lipinski definition) is 1. The lowest BCUT2D eigenvalue weighted by molar-refractivity contribution is -0.145. The Bertz CT molecular complexity index is 1160. The number of hydrogen-bond acceptors (Lipinski definition) is 9. The van der Waals surface area contributed by atoms with Gasteiger partial charge in [0.25, 0.3) is 5.91 Å². The van der Waals surface area contributed by atoms with Gasteiger partial charge in [-0.3, -0.25) is 9.69 Å². The van der Waals surface area contributed by atoms with Crippen LogP contribution in [0.5, 0.6) is 11.5 Å². The molecule has 3 amide bonds. The van der Waals surface area contributed by atoms with Gasteiger partial charge in [-0.05, 0) is 37.3 Å². The summed E-state index contributed by atoms with van der Waals surface area (Å²) in [6.45, 7) is 1.29. The summed E-state index contributed by atoms with van der Waals surface area (Å²) in [4.78, 5) is 49.6. The van der Waals surface area contributed by atoms with E-state index in [0.29, 0.717) is 15.8 Å². The lowest BCUT2D eigenvalue weighted by atomic mass is 10.1. The van der Waals surface area contributed by atoms with Crippen molar-refractivity contribution in [3.8, 4) is 11.5 Å². The molecule has 1 aliphatic rings. The van der Waals surface area contributed by atoms with Crippen LogP contribution in [-0.2, 0) is 25.6 Å². The Morgan fingerprint density at radius 2 is 1.97 bits per heavy atom. The Morgan fingerprint density at radius 1 is 1.21 bits per heavy atom. The average molecular weight is 537 g/mol. The molecule has 0 spiro atoms. The molecule has 11 nitrogen and oxygen atoms in total. The van der Waals surface area contributed by atoms with Crippen LogP contribution in [-0.4, -0.2) is 56.2 Å². The van der Waals surface area contributed by atoms with Crippen molar-refractivity contribution >= 4 is 45.9 Å². The number of halogens is 1. The Morgan fingerprint density at radius 3 is 2.65 bits per heavy atom. The van der Waals surface area contributed by atoms with Crippen molar-refractivity contribution in [2.24, 2.45) is 0 Å². The molecule has 1 N–H and O–H groups in total. The molecular weight excluding hydrogens is 516 g/mol. The fourth-order valence-corrected chi connectivity index (χ4v) is 3.49. The Kier molecular flexibility index (Phi) is 7.95. The van der Waals surface area contributed by atoms with Gasteiger partial charge in [0.2, 0.25) is 5.76 Å². The Hall–Kier alpha value is -3.80. The summed E-state index contributed by atoms with van der Waals surface area (Å²) in [6, 6.07) is 5.43. The monoisotopic (exact) mass is 536 g/mol. The smallest absolute Gasteiger partial charge is 0.373 e. The summed E-state index contributed by atoms with van der Waals surface area (Å²) in [5.74, 6) is -1.24. The van der Waals surface area contributed by atoms with Gasteiger partial charge in [0.15, 0.2) is 18.1 Å². The van der Waals surface area contributed by atoms with Crippen LogP contribution in [0.25, 0.3) is 6.08 Å². The van der Waals surface area contributed by atoms with Crippen LogP contribution < -0.4 is 14.8 Å². The van der Waals surface area contributed by atoms with Gasteiger partial charge >= 0.3 is 18.0 Å². The number of amides is 3. The van der Waals surface area contributed by atoms with Gasteiger partial charge in [0, 0.05) is 10.0 Å². The van der Waals surface area contributed by atoms with Crippen LogP contribution in [0.15, 0.2) is 38.9 Å². The number of urea groups is 1. The highest BCUT2D eigenvalue weighted by Gasteiger charge is 2.35. The van der Waals surface area contributed by atoms with E-state index in [4.69, 9.17) is 18.6 Å². The molecule has 1 aliphatic heterocycles. The van der Waals surface area contributed by atoms with Crippen LogP contribution in [0.1, 0.15) is 28.8 Å². The number of nitrogens with zero attached hydrogens (tertiary/aromatic N) is 1. The molecule has 2 heterocycles. The summed E-state index contributed by atoms with van der Waals surface area (Å²) in [7, 11) is 2.63. The lowest BCUT2D eigenvalue weighted by Crippen LogP contribution is -2.30. The summed E-state index contributed by atoms with van der Waals surface area (Å²) < 4.78 is 26.3. The SMILES string of the molecule is CCOC(=O)COc1c(/C=C2\NC(=O)N(Cc3ccc(C(=O)OC)o3)C2=O)cc(Br)cc1OC. The van der Waals surface area contributed by atoms with E-state index in [1.165, 1.54) is 32.4 Å². The van der Waals surface area contributed by atoms with E-state index in [1.807, 2.05) is 0 Å². The molecule has 0 unspecified atom stereocenters. The van der Waals surface area contributed by atoms with Crippen LogP contribution in [0.2, 0.25) is 0 Å². The number of methoxy groups -OCH3 is 2. The molecule has 1 saturated heterocycles. The third-order valence-corrected chi connectivity index (χ3v) is 4.99. The number of carbonyl (C=O) groups is 4. The topological polar surface area (TPSA) is 134 Å². The quantitative estimate of drug-likeness (QED) is 0.291.